The molecular weight excluding hydrogens is 1010 g/mol. The van der Waals surface area contributed by atoms with Crippen LogP contribution in [-0.2, 0) is 28.6 Å². The molecule has 6 nitrogen and oxygen atoms in total. The highest BCUT2D eigenvalue weighted by molar-refractivity contribution is 5.71. The predicted molar refractivity (Wildman–Crippen MR) is 358 cm³/mol. The van der Waals surface area contributed by atoms with Crippen molar-refractivity contribution < 1.29 is 28.6 Å². The number of unbranched alkanes of at least 4 members (excludes halogenated alkanes) is 58. The van der Waals surface area contributed by atoms with E-state index in [0.29, 0.717) is 19.3 Å². The highest BCUT2D eigenvalue weighted by Crippen LogP contribution is 2.20. The number of allylic oxidation sites excluding steroid dienone is 2. The molecule has 0 radical (unpaired) electrons. The van der Waals surface area contributed by atoms with Crippen molar-refractivity contribution in [3.8, 4) is 0 Å². The number of rotatable bonds is 71. The van der Waals surface area contributed by atoms with E-state index in [1.54, 1.807) is 0 Å². The van der Waals surface area contributed by atoms with Gasteiger partial charge in [0.25, 0.3) is 0 Å². The first-order chi connectivity index (χ1) is 40.5. The van der Waals surface area contributed by atoms with Gasteiger partial charge in [-0.2, -0.15) is 0 Å². The third-order valence-electron chi connectivity index (χ3n) is 17.5. The first-order valence-electron chi connectivity index (χ1n) is 37.7. The zero-order valence-electron chi connectivity index (χ0n) is 56.1. The summed E-state index contributed by atoms with van der Waals surface area (Å²) in [5.74, 6) is -0.820. The van der Waals surface area contributed by atoms with E-state index in [2.05, 4.69) is 32.9 Å². The van der Waals surface area contributed by atoms with Crippen LogP contribution in [0.5, 0.6) is 0 Å². The lowest BCUT2D eigenvalue weighted by Crippen LogP contribution is -2.30. The molecule has 0 aliphatic heterocycles. The molecule has 0 spiro atoms. The van der Waals surface area contributed by atoms with Crippen LogP contribution >= 0.6 is 0 Å². The van der Waals surface area contributed by atoms with E-state index in [9.17, 15) is 14.4 Å². The van der Waals surface area contributed by atoms with Crippen LogP contribution in [0.15, 0.2) is 12.2 Å². The molecule has 0 fully saturated rings. The van der Waals surface area contributed by atoms with Gasteiger partial charge in [-0.05, 0) is 44.9 Å². The first-order valence-corrected chi connectivity index (χ1v) is 37.7. The third-order valence-corrected chi connectivity index (χ3v) is 17.5. The number of carbonyl (C=O) groups is 3. The summed E-state index contributed by atoms with van der Waals surface area (Å²) in [6.07, 6.45) is 86.9. The van der Waals surface area contributed by atoms with Crippen LogP contribution in [0, 0.1) is 0 Å². The molecule has 486 valence electrons. The van der Waals surface area contributed by atoms with Crippen molar-refractivity contribution in [2.45, 2.75) is 444 Å². The van der Waals surface area contributed by atoms with Crippen molar-refractivity contribution in [2.24, 2.45) is 0 Å². The van der Waals surface area contributed by atoms with Crippen LogP contribution in [0.4, 0.5) is 0 Å². The van der Waals surface area contributed by atoms with Crippen molar-refractivity contribution in [1.29, 1.82) is 0 Å². The van der Waals surface area contributed by atoms with Crippen molar-refractivity contribution in [3.63, 3.8) is 0 Å². The van der Waals surface area contributed by atoms with Gasteiger partial charge in [-0.25, -0.2) is 0 Å². The van der Waals surface area contributed by atoms with Crippen LogP contribution in [0.25, 0.3) is 0 Å². The fourth-order valence-corrected chi connectivity index (χ4v) is 11.9. The summed E-state index contributed by atoms with van der Waals surface area (Å²) >= 11 is 0. The molecule has 0 aromatic heterocycles. The smallest absolute Gasteiger partial charge is 0.306 e. The van der Waals surface area contributed by atoms with Crippen molar-refractivity contribution in [1.82, 2.24) is 0 Å². The van der Waals surface area contributed by atoms with E-state index in [1.165, 1.54) is 340 Å². The molecule has 0 rings (SSSR count). The molecule has 82 heavy (non-hydrogen) atoms. The Morgan fingerprint density at radius 1 is 0.232 bits per heavy atom. The molecule has 0 amide bonds. The van der Waals surface area contributed by atoms with Gasteiger partial charge in [-0.3, -0.25) is 14.4 Å². The lowest BCUT2D eigenvalue weighted by atomic mass is 10.0. The Morgan fingerprint density at radius 2 is 0.402 bits per heavy atom. The Morgan fingerprint density at radius 3 is 0.610 bits per heavy atom. The maximum Gasteiger partial charge on any atom is 0.306 e. The third kappa shape index (κ3) is 68.9. The highest BCUT2D eigenvalue weighted by Gasteiger charge is 2.20. The summed E-state index contributed by atoms with van der Waals surface area (Å²) in [6.45, 7) is 6.74. The van der Waals surface area contributed by atoms with E-state index in [1.807, 2.05) is 0 Å². The second-order valence-electron chi connectivity index (χ2n) is 25.9. The molecule has 0 aromatic carbocycles. The quantitative estimate of drug-likeness (QED) is 0.0261. The van der Waals surface area contributed by atoms with Crippen molar-refractivity contribution in [3.05, 3.63) is 12.2 Å². The molecule has 0 aromatic rings. The normalized spacial score (nSPS) is 12.0. The van der Waals surface area contributed by atoms with E-state index in [-0.39, 0.29) is 31.1 Å². The number of carbonyl (C=O) groups excluding carboxylic acids is 3. The standard InChI is InChI=1S/C76H146O6/c1-4-7-10-13-16-19-22-25-28-31-33-34-35-36-37-38-39-40-41-42-44-45-48-51-54-57-60-63-66-69-75(78)81-72-73(71-80-74(77)68-65-62-59-56-53-50-47-30-27-24-21-18-15-12-9-6-3)82-76(79)70-67-64-61-58-55-52-49-46-43-32-29-26-23-20-17-14-11-8-5-2/h31,33,73H,4-30,32,34-72H2,1-3H3/b33-31-. The SMILES string of the molecule is CCCCCCCCCC/C=C\CCCCCCCCCCCCCCCCCCCC(=O)OCC(COC(=O)CCCCCCCCCCCCCCCCCC)OC(=O)CCCCCCCCCCCCCCCCCCCCC. The zero-order chi connectivity index (χ0) is 59.2. The minimum absolute atomic E-state index is 0.0615. The second kappa shape index (κ2) is 71.6. The second-order valence-corrected chi connectivity index (χ2v) is 25.9. The average Bonchev–Trinajstić information content (AvgIpc) is 3.47. The van der Waals surface area contributed by atoms with Gasteiger partial charge in [0.05, 0.1) is 0 Å². The van der Waals surface area contributed by atoms with Crippen molar-refractivity contribution in [2.75, 3.05) is 13.2 Å². The molecule has 0 saturated carbocycles. The molecule has 0 N–H and O–H groups in total. The topological polar surface area (TPSA) is 78.9 Å². The van der Waals surface area contributed by atoms with Gasteiger partial charge in [-0.15, -0.1) is 0 Å². The minimum atomic E-state index is -0.766. The molecule has 0 aliphatic rings. The Bertz CT molecular complexity index is 1280. The minimum Gasteiger partial charge on any atom is -0.462 e. The summed E-state index contributed by atoms with van der Waals surface area (Å²) < 4.78 is 17.0. The van der Waals surface area contributed by atoms with E-state index < -0.39 is 6.10 Å². The number of ether oxygens (including phenoxy) is 3. The maximum atomic E-state index is 13.0. The van der Waals surface area contributed by atoms with Gasteiger partial charge in [-0.1, -0.05) is 386 Å². The van der Waals surface area contributed by atoms with Gasteiger partial charge in [0, 0.05) is 19.3 Å². The van der Waals surface area contributed by atoms with E-state index >= 15 is 0 Å². The van der Waals surface area contributed by atoms with Gasteiger partial charge >= 0.3 is 17.9 Å². The Kier molecular flexibility index (Phi) is 70.0. The number of esters is 3. The number of hydrogen-bond acceptors (Lipinski definition) is 6. The predicted octanol–water partition coefficient (Wildman–Crippen LogP) is 26.0. The van der Waals surface area contributed by atoms with Crippen LogP contribution in [0.2, 0.25) is 0 Å². The molecule has 0 bridgehead atoms. The average molecular weight is 1160 g/mol. The van der Waals surface area contributed by atoms with Crippen LogP contribution in [0.3, 0.4) is 0 Å². The molecule has 1 atom stereocenters. The van der Waals surface area contributed by atoms with Gasteiger partial charge in [0.15, 0.2) is 6.10 Å². The molecule has 0 heterocycles. The fraction of sp³-hybridized carbons (Fsp3) is 0.934. The lowest BCUT2D eigenvalue weighted by Gasteiger charge is -2.18. The Balaban J connectivity index is 4.19. The highest BCUT2D eigenvalue weighted by atomic mass is 16.6. The largest absolute Gasteiger partial charge is 0.462 e. The van der Waals surface area contributed by atoms with E-state index in [4.69, 9.17) is 14.2 Å². The first kappa shape index (κ1) is 80.2. The fourth-order valence-electron chi connectivity index (χ4n) is 11.9. The monoisotopic (exact) mass is 1160 g/mol. The summed E-state index contributed by atoms with van der Waals surface area (Å²) in [5.41, 5.74) is 0. The van der Waals surface area contributed by atoms with Crippen molar-refractivity contribution >= 4 is 17.9 Å². The van der Waals surface area contributed by atoms with Crippen LogP contribution in [-0.4, -0.2) is 37.2 Å². The summed E-state index contributed by atoms with van der Waals surface area (Å²) in [5, 5.41) is 0. The maximum absolute atomic E-state index is 13.0. The summed E-state index contributed by atoms with van der Waals surface area (Å²) in [7, 11) is 0. The molecular formula is C76H146O6. The molecule has 1 unspecified atom stereocenters. The number of hydrogen-bond donors (Lipinski definition) is 0. The van der Waals surface area contributed by atoms with E-state index in [0.717, 1.165) is 57.8 Å². The van der Waals surface area contributed by atoms with Gasteiger partial charge < -0.3 is 14.2 Å². The molecule has 0 aliphatic carbocycles. The molecule has 6 heteroatoms. The van der Waals surface area contributed by atoms with Gasteiger partial charge in [0.2, 0.25) is 0 Å². The lowest BCUT2D eigenvalue weighted by molar-refractivity contribution is -0.167. The summed E-state index contributed by atoms with van der Waals surface area (Å²) in [4.78, 5) is 38.5. The van der Waals surface area contributed by atoms with Gasteiger partial charge in [0.1, 0.15) is 13.2 Å². The Labute approximate surface area is 513 Å². The molecule has 0 saturated heterocycles. The van der Waals surface area contributed by atoms with Crippen LogP contribution in [0.1, 0.15) is 438 Å². The zero-order valence-corrected chi connectivity index (χ0v) is 56.1. The summed E-state index contributed by atoms with van der Waals surface area (Å²) in [6, 6.07) is 0. The Hall–Kier alpha value is -1.85. The van der Waals surface area contributed by atoms with Crippen LogP contribution < -0.4 is 0 Å².